The molecule has 9 rings (SSSR count). The lowest BCUT2D eigenvalue weighted by Gasteiger charge is -2.31. The molecule has 1 unspecified atom stereocenters. The van der Waals surface area contributed by atoms with Crippen LogP contribution in [0.15, 0.2) is 41.2 Å². The smallest absolute Gasteiger partial charge is 0.407 e. The van der Waals surface area contributed by atoms with Gasteiger partial charge in [-0.1, -0.05) is 51.0 Å². The van der Waals surface area contributed by atoms with Crippen molar-refractivity contribution in [3.63, 3.8) is 0 Å². The lowest BCUT2D eigenvalue weighted by Crippen LogP contribution is -2.54. The molecule has 2 aromatic carbocycles. The Labute approximate surface area is 598 Å². The molecule has 33 nitrogen and oxygen atoms in total. The number of benzene rings is 2. The van der Waals surface area contributed by atoms with Gasteiger partial charge in [-0.05, 0) is 105 Å². The van der Waals surface area contributed by atoms with Crippen LogP contribution in [0, 0.1) is 18.7 Å². The highest BCUT2D eigenvalue weighted by atomic mass is 19.1. The van der Waals surface area contributed by atoms with E-state index in [-0.39, 0.29) is 102 Å². The van der Waals surface area contributed by atoms with E-state index < -0.39 is 109 Å². The van der Waals surface area contributed by atoms with Crippen molar-refractivity contribution in [1.82, 2.24) is 61.8 Å². The number of hydrogen-bond donors (Lipinski definition) is 10. The normalized spacial score (nSPS) is 17.0. The summed E-state index contributed by atoms with van der Waals surface area (Å²) in [4.78, 5) is 135. The molecule has 11 N–H and O–H groups in total. The third kappa shape index (κ3) is 20.6. The van der Waals surface area contributed by atoms with Crippen molar-refractivity contribution in [2.45, 2.75) is 148 Å². The number of cyclic esters (lactones) is 1. The summed E-state index contributed by atoms with van der Waals surface area (Å²) >= 11 is 0. The molecule has 2 aliphatic carbocycles. The van der Waals surface area contributed by atoms with Gasteiger partial charge in [0.2, 0.25) is 35.4 Å². The van der Waals surface area contributed by atoms with Gasteiger partial charge in [0.25, 0.3) is 5.56 Å². The van der Waals surface area contributed by atoms with Crippen LogP contribution in [0.3, 0.4) is 0 Å². The molecule has 5 heterocycles. The summed E-state index contributed by atoms with van der Waals surface area (Å²) in [5.41, 5.74) is 9.06. The topological polar surface area (TPSA) is 436 Å². The monoisotopic (exact) mass is 1450 g/mol. The number of amides is 9. The maximum Gasteiger partial charge on any atom is 0.407 e. The number of primary amides is 1. The molecule has 5 atom stereocenters. The molecule has 2 aliphatic heterocycles. The molecule has 0 fully saturated rings. The van der Waals surface area contributed by atoms with E-state index in [4.69, 9.17) is 48.6 Å². The standard InChI is InChI=1S/C70H93FN14O19/c1-6-70(96)47-31-53-62-45(34-85(53)66(92)46(47)36-103-67(70)93)60-49(19-18-44-41(4)48(71)32-51(79-62)59(44)60)78-58(89)37-101-39-76-56(87)33-75-69(95)104-35-42-14-16-43(17-15-42)77-64(90)50(11-10-21-74-68(72)94)80-65(91)61(40(2)3)81-55(86)20-23-97-25-27-99-29-30-100-28-26-98-24-22-73-57(88)38-102-54-13-9-7-8-12-52-63(54)82-83-84(52)5/h14-17,31-32,40,49-50,54,61,96H,6-13,18-30,33-39H2,1-5H3,(H,73,88)(H,75,95)(H,76,87)(H,77,90)(H,78,89)(H,80,91)(H,81,86)(H3,72,74,94)/t49-,50-,54?,61-,70-/m0/s1. The van der Waals surface area contributed by atoms with Crippen molar-refractivity contribution < 1.29 is 90.5 Å². The lowest BCUT2D eigenvalue weighted by atomic mass is 9.81. The van der Waals surface area contributed by atoms with E-state index in [0.29, 0.717) is 103 Å². The second-order valence-corrected chi connectivity index (χ2v) is 26.0. The molecular weight excluding hydrogens is 1360 g/mol. The number of pyridine rings is 2. The fraction of sp³-hybridized carbons (Fsp3) is 0.557. The number of nitrogens with two attached hydrogens (primary N) is 1. The maximum absolute atomic E-state index is 15.4. The third-order valence-electron chi connectivity index (χ3n) is 18.4. The van der Waals surface area contributed by atoms with E-state index in [1.54, 1.807) is 62.7 Å². The minimum atomic E-state index is -2.06. The molecule has 0 bridgehead atoms. The van der Waals surface area contributed by atoms with E-state index >= 15 is 4.39 Å². The van der Waals surface area contributed by atoms with Crippen LogP contribution in [0.5, 0.6) is 0 Å². The Balaban J connectivity index is 0.629. The van der Waals surface area contributed by atoms with Crippen molar-refractivity contribution in [2.75, 3.05) is 97.8 Å². The SMILES string of the molecule is CC[C@@]1(O)C(=O)OCc2c1cc1n(c2=O)Cc2c-1nc1cc(F)c(C)c3c1c2[C@@H](NC(=O)COCNC(=O)CNC(=O)OCc1ccc(NC(=O)[C@H](CCCNC(N)=O)NC(=O)[C@@H](NC(=O)CCOCCOCCOCCOCCNC(=O)COC2CCCCCc4c2nnn4C)C(C)C)cc1)CC3. The molecule has 4 aliphatic rings. The predicted octanol–water partition coefficient (Wildman–Crippen LogP) is 2.24. The highest BCUT2D eigenvalue weighted by Crippen LogP contribution is 2.46. The number of rotatable bonds is 38. The number of fused-ring (bicyclic) bond motifs is 6. The average molecular weight is 1450 g/mol. The van der Waals surface area contributed by atoms with Gasteiger partial charge in [-0.3, -0.25) is 38.2 Å². The van der Waals surface area contributed by atoms with Crippen LogP contribution >= 0.6 is 0 Å². The second kappa shape index (κ2) is 37.7. The summed E-state index contributed by atoms with van der Waals surface area (Å²) in [5, 5.41) is 41.7. The van der Waals surface area contributed by atoms with Crippen molar-refractivity contribution in [1.29, 1.82) is 0 Å². The van der Waals surface area contributed by atoms with Crippen molar-refractivity contribution in [3.05, 3.63) is 103 Å². The van der Waals surface area contributed by atoms with Crippen LogP contribution < -0.4 is 53.8 Å². The Hall–Kier alpha value is -9.58. The van der Waals surface area contributed by atoms with E-state index in [2.05, 4.69) is 52.8 Å². The molecule has 0 saturated heterocycles. The molecule has 0 saturated carbocycles. The maximum atomic E-state index is 15.4. The predicted molar refractivity (Wildman–Crippen MR) is 369 cm³/mol. The summed E-state index contributed by atoms with van der Waals surface area (Å²) in [7, 11) is 1.87. The van der Waals surface area contributed by atoms with Crippen molar-refractivity contribution >= 4 is 70.1 Å². The zero-order valence-electron chi connectivity index (χ0n) is 59.1. The molecule has 3 aromatic heterocycles. The van der Waals surface area contributed by atoms with Gasteiger partial charge in [-0.2, -0.15) is 0 Å². The van der Waals surface area contributed by atoms with Crippen LogP contribution in [0.1, 0.15) is 141 Å². The second-order valence-electron chi connectivity index (χ2n) is 26.0. The largest absolute Gasteiger partial charge is 0.458 e. The van der Waals surface area contributed by atoms with Gasteiger partial charge < -0.3 is 95.8 Å². The van der Waals surface area contributed by atoms with Crippen molar-refractivity contribution in [3.8, 4) is 11.4 Å². The number of ether oxygens (including phenoxy) is 8. The number of hydrogen-bond acceptors (Lipinski definition) is 22. The number of esters is 1. The van der Waals surface area contributed by atoms with Crippen LogP contribution in [-0.4, -0.2) is 188 Å². The zero-order valence-corrected chi connectivity index (χ0v) is 59.1. The quantitative estimate of drug-likeness (QED) is 0.0151. The first-order valence-corrected chi connectivity index (χ1v) is 35.0. The van der Waals surface area contributed by atoms with Gasteiger partial charge in [0.1, 0.15) is 69.4 Å². The number of alkyl carbamates (subject to hydrolysis) is 1. The van der Waals surface area contributed by atoms with E-state index in [1.807, 2.05) is 7.05 Å². The van der Waals surface area contributed by atoms with Gasteiger partial charge in [0.05, 0.1) is 93.6 Å². The number of nitrogens with one attached hydrogen (secondary N) is 8. The molecule has 0 radical (unpaired) electrons. The third-order valence-corrected chi connectivity index (χ3v) is 18.4. The summed E-state index contributed by atoms with van der Waals surface area (Å²) in [6.07, 6.45) is 4.62. The van der Waals surface area contributed by atoms with Gasteiger partial charge in [0.15, 0.2) is 5.60 Å². The summed E-state index contributed by atoms with van der Waals surface area (Å²) < 4.78 is 62.8. The zero-order chi connectivity index (χ0) is 74.5. The highest BCUT2D eigenvalue weighted by Gasteiger charge is 2.46. The Kier molecular flexibility index (Phi) is 28.5. The van der Waals surface area contributed by atoms with E-state index in [1.165, 1.54) is 10.6 Å². The molecule has 564 valence electrons. The van der Waals surface area contributed by atoms with Gasteiger partial charge in [-0.25, -0.2) is 23.8 Å². The number of halogens is 1. The first-order valence-electron chi connectivity index (χ1n) is 35.0. The van der Waals surface area contributed by atoms with Crippen LogP contribution in [-0.2, 0) is 117 Å². The number of anilines is 1. The fourth-order valence-corrected chi connectivity index (χ4v) is 12.8. The van der Waals surface area contributed by atoms with Gasteiger partial charge in [-0.15, -0.1) is 5.10 Å². The Bertz CT molecular complexity index is 3980. The first kappa shape index (κ1) is 78.6. The minimum Gasteiger partial charge on any atom is -0.458 e. The van der Waals surface area contributed by atoms with Gasteiger partial charge in [0, 0.05) is 54.8 Å². The fourth-order valence-electron chi connectivity index (χ4n) is 12.8. The van der Waals surface area contributed by atoms with Crippen LogP contribution in [0.25, 0.3) is 22.3 Å². The minimum absolute atomic E-state index is 0.0452. The number of nitrogens with zero attached hydrogens (tertiary/aromatic N) is 5. The number of carbonyl (C=O) groups excluding carboxylic acids is 9. The van der Waals surface area contributed by atoms with E-state index in [9.17, 15) is 53.1 Å². The number of aromatic nitrogens is 5. The van der Waals surface area contributed by atoms with E-state index in [0.717, 1.165) is 49.1 Å². The summed E-state index contributed by atoms with van der Waals surface area (Å²) in [5.74, 6) is -4.86. The molecule has 9 amide bonds. The molecule has 34 heteroatoms. The Morgan fingerprint density at radius 2 is 1.52 bits per heavy atom. The molecule has 5 aromatic rings. The van der Waals surface area contributed by atoms with Crippen LogP contribution in [0.2, 0.25) is 0 Å². The van der Waals surface area contributed by atoms with Gasteiger partial charge >= 0.3 is 18.1 Å². The first-order chi connectivity index (χ1) is 50.0. The molecular formula is C70H93FN14O19. The number of urea groups is 1. The highest BCUT2D eigenvalue weighted by molar-refractivity contribution is 5.99. The number of carbonyl (C=O) groups is 9. The average Bonchev–Trinajstić information content (AvgIpc) is 1.50. The Morgan fingerprint density at radius 3 is 2.24 bits per heavy atom. The van der Waals surface area contributed by atoms with Crippen molar-refractivity contribution in [2.24, 2.45) is 18.7 Å². The number of aliphatic hydroxyl groups is 1. The lowest BCUT2D eigenvalue weighted by molar-refractivity contribution is -0.172. The Morgan fingerprint density at radius 1 is 0.788 bits per heavy atom. The number of aryl methyl sites for hydroxylation is 2. The molecule has 104 heavy (non-hydrogen) atoms. The summed E-state index contributed by atoms with van der Waals surface area (Å²) in [6.45, 7) is 7.26. The summed E-state index contributed by atoms with van der Waals surface area (Å²) in [6, 6.07) is 5.57. The van der Waals surface area contributed by atoms with Crippen LogP contribution in [0.4, 0.5) is 19.7 Å². The molecule has 0 spiro atoms.